The van der Waals surface area contributed by atoms with Crippen LogP contribution in [0, 0.1) is 0 Å². The van der Waals surface area contributed by atoms with Crippen LogP contribution >= 0.6 is 11.8 Å². The van der Waals surface area contributed by atoms with Crippen molar-refractivity contribution in [2.24, 2.45) is 0 Å². The predicted molar refractivity (Wildman–Crippen MR) is 68.3 cm³/mol. The molecule has 1 unspecified atom stereocenters. The Labute approximate surface area is 106 Å². The van der Waals surface area contributed by atoms with E-state index in [-0.39, 0.29) is 6.03 Å². The zero-order valence-electron chi connectivity index (χ0n) is 10.1. The molecule has 0 bridgehead atoms. The molecule has 1 aliphatic rings. The summed E-state index contributed by atoms with van der Waals surface area (Å²) < 4.78 is 0. The first-order valence-corrected chi connectivity index (χ1v) is 7.07. The summed E-state index contributed by atoms with van der Waals surface area (Å²) >= 11 is 1.88. The molecule has 17 heavy (non-hydrogen) atoms. The second kappa shape index (κ2) is 7.42. The molecular weight excluding hydrogens is 240 g/mol. The molecule has 1 aliphatic heterocycles. The van der Waals surface area contributed by atoms with Crippen LogP contribution in [0.2, 0.25) is 0 Å². The molecule has 6 heteroatoms. The molecule has 1 rings (SSSR count). The van der Waals surface area contributed by atoms with E-state index >= 15 is 0 Å². The third-order valence-electron chi connectivity index (χ3n) is 2.78. The van der Waals surface area contributed by atoms with E-state index in [4.69, 9.17) is 5.11 Å². The van der Waals surface area contributed by atoms with E-state index in [9.17, 15) is 9.59 Å². The predicted octanol–water partition coefficient (Wildman–Crippen LogP) is 1.43. The van der Waals surface area contributed by atoms with Gasteiger partial charge in [-0.2, -0.15) is 11.8 Å². The van der Waals surface area contributed by atoms with E-state index in [0.717, 1.165) is 12.2 Å². The van der Waals surface area contributed by atoms with Gasteiger partial charge in [-0.05, 0) is 25.0 Å². The van der Waals surface area contributed by atoms with Crippen LogP contribution in [0.1, 0.15) is 32.6 Å². The van der Waals surface area contributed by atoms with Gasteiger partial charge in [0.2, 0.25) is 0 Å². The van der Waals surface area contributed by atoms with Crippen molar-refractivity contribution >= 4 is 23.8 Å². The van der Waals surface area contributed by atoms with E-state index in [1.807, 2.05) is 11.8 Å². The van der Waals surface area contributed by atoms with Gasteiger partial charge in [0.05, 0.1) is 0 Å². The van der Waals surface area contributed by atoms with Crippen LogP contribution in [0.3, 0.4) is 0 Å². The topological polar surface area (TPSA) is 78.4 Å². The van der Waals surface area contributed by atoms with Crippen LogP contribution in [-0.4, -0.2) is 40.7 Å². The molecule has 0 aromatic carbocycles. The van der Waals surface area contributed by atoms with E-state index in [0.29, 0.717) is 18.2 Å². The molecule has 2 amide bonds. The Kier molecular flexibility index (Phi) is 6.18. The fourth-order valence-corrected chi connectivity index (χ4v) is 2.96. The first-order chi connectivity index (χ1) is 8.13. The van der Waals surface area contributed by atoms with E-state index in [1.165, 1.54) is 12.8 Å². The van der Waals surface area contributed by atoms with Crippen LogP contribution in [0.25, 0.3) is 0 Å². The number of thioether (sulfide) groups is 1. The average molecular weight is 260 g/mol. The zero-order chi connectivity index (χ0) is 12.7. The normalized spacial score (nSPS) is 21.6. The van der Waals surface area contributed by atoms with Crippen LogP contribution in [0.4, 0.5) is 4.79 Å². The first-order valence-electron chi connectivity index (χ1n) is 6.02. The maximum atomic E-state index is 11.5. The zero-order valence-corrected chi connectivity index (χ0v) is 10.9. The molecule has 0 radical (unpaired) electrons. The highest BCUT2D eigenvalue weighted by Gasteiger charge is 2.19. The lowest BCUT2D eigenvalue weighted by Crippen LogP contribution is -2.47. The highest BCUT2D eigenvalue weighted by molar-refractivity contribution is 7.99. The van der Waals surface area contributed by atoms with E-state index < -0.39 is 12.0 Å². The van der Waals surface area contributed by atoms with Gasteiger partial charge in [0, 0.05) is 11.8 Å². The number of hydrogen-bond acceptors (Lipinski definition) is 3. The van der Waals surface area contributed by atoms with Gasteiger partial charge < -0.3 is 15.7 Å². The monoisotopic (exact) mass is 260 g/mol. The quantitative estimate of drug-likeness (QED) is 0.699. The number of urea groups is 1. The molecule has 98 valence electrons. The lowest BCUT2D eigenvalue weighted by Gasteiger charge is -2.22. The van der Waals surface area contributed by atoms with Gasteiger partial charge in [-0.1, -0.05) is 13.3 Å². The number of amides is 2. The van der Waals surface area contributed by atoms with Crippen molar-refractivity contribution < 1.29 is 14.7 Å². The number of aliphatic carboxylic acids is 1. The Bertz CT molecular complexity index is 267. The van der Waals surface area contributed by atoms with Gasteiger partial charge in [0.25, 0.3) is 0 Å². The molecule has 0 spiro atoms. The van der Waals surface area contributed by atoms with Gasteiger partial charge in [-0.25, -0.2) is 9.59 Å². The largest absolute Gasteiger partial charge is 0.480 e. The summed E-state index contributed by atoms with van der Waals surface area (Å²) in [5.74, 6) is 0.162. The Balaban J connectivity index is 2.21. The SMILES string of the molecule is CC[C@@H](NC(=O)NCC1CCCCS1)C(=O)O. The molecule has 0 aromatic rings. The highest BCUT2D eigenvalue weighted by atomic mass is 32.2. The summed E-state index contributed by atoms with van der Waals surface area (Å²) in [6.07, 6.45) is 3.99. The van der Waals surface area contributed by atoms with Crippen molar-refractivity contribution in [2.75, 3.05) is 12.3 Å². The van der Waals surface area contributed by atoms with Gasteiger partial charge >= 0.3 is 12.0 Å². The van der Waals surface area contributed by atoms with Gasteiger partial charge in [-0.15, -0.1) is 0 Å². The molecule has 0 aromatic heterocycles. The third kappa shape index (κ3) is 5.30. The van der Waals surface area contributed by atoms with Crippen molar-refractivity contribution in [3.05, 3.63) is 0 Å². The lowest BCUT2D eigenvalue weighted by molar-refractivity contribution is -0.139. The minimum absolute atomic E-state index is 0.384. The number of rotatable bonds is 5. The number of nitrogens with one attached hydrogen (secondary N) is 2. The minimum atomic E-state index is -0.991. The number of hydrogen-bond donors (Lipinski definition) is 3. The van der Waals surface area contributed by atoms with E-state index in [1.54, 1.807) is 6.92 Å². The molecule has 0 aliphatic carbocycles. The van der Waals surface area contributed by atoms with Gasteiger partial charge in [0.15, 0.2) is 0 Å². The van der Waals surface area contributed by atoms with Crippen molar-refractivity contribution in [3.63, 3.8) is 0 Å². The van der Waals surface area contributed by atoms with Crippen LogP contribution < -0.4 is 10.6 Å². The van der Waals surface area contributed by atoms with E-state index in [2.05, 4.69) is 10.6 Å². The summed E-state index contributed by atoms with van der Waals surface area (Å²) in [4.78, 5) is 22.2. The highest BCUT2D eigenvalue weighted by Crippen LogP contribution is 2.24. The fraction of sp³-hybridized carbons (Fsp3) is 0.818. The van der Waals surface area contributed by atoms with Gasteiger partial charge in [0.1, 0.15) is 6.04 Å². The maximum absolute atomic E-state index is 11.5. The number of carbonyl (C=O) groups is 2. The molecule has 1 fully saturated rings. The Morgan fingerprint density at radius 2 is 2.24 bits per heavy atom. The lowest BCUT2D eigenvalue weighted by atomic mass is 10.2. The summed E-state index contributed by atoms with van der Waals surface area (Å²) in [7, 11) is 0. The molecule has 0 saturated carbocycles. The van der Waals surface area contributed by atoms with Crippen molar-refractivity contribution in [3.8, 4) is 0 Å². The molecule has 5 nitrogen and oxygen atoms in total. The Morgan fingerprint density at radius 1 is 1.47 bits per heavy atom. The first kappa shape index (κ1) is 14.2. The van der Waals surface area contributed by atoms with Crippen LogP contribution in [0.15, 0.2) is 0 Å². The van der Waals surface area contributed by atoms with Gasteiger partial charge in [-0.3, -0.25) is 0 Å². The molecule has 1 heterocycles. The van der Waals surface area contributed by atoms with Crippen LogP contribution in [-0.2, 0) is 4.79 Å². The Hall–Kier alpha value is -0.910. The van der Waals surface area contributed by atoms with Crippen LogP contribution in [0.5, 0.6) is 0 Å². The standard InChI is InChI=1S/C11H20N2O3S/c1-2-9(10(14)15)13-11(16)12-7-8-5-3-4-6-17-8/h8-9H,2-7H2,1H3,(H,14,15)(H2,12,13,16)/t8?,9-/m1/s1. The molecule has 1 saturated heterocycles. The van der Waals surface area contributed by atoms with Crippen molar-refractivity contribution in [1.29, 1.82) is 0 Å². The second-order valence-corrected chi connectivity index (χ2v) is 5.55. The third-order valence-corrected chi connectivity index (χ3v) is 4.17. The number of carbonyl (C=O) groups excluding carboxylic acids is 1. The van der Waals surface area contributed by atoms with Crippen molar-refractivity contribution in [2.45, 2.75) is 43.9 Å². The van der Waals surface area contributed by atoms with Crippen molar-refractivity contribution in [1.82, 2.24) is 10.6 Å². The average Bonchev–Trinajstić information content (AvgIpc) is 2.34. The molecule has 2 atom stereocenters. The molecular formula is C11H20N2O3S. The number of carboxylic acids is 1. The second-order valence-electron chi connectivity index (χ2n) is 4.14. The summed E-state index contributed by atoms with van der Waals surface area (Å²) in [5, 5.41) is 14.4. The smallest absolute Gasteiger partial charge is 0.326 e. The fourth-order valence-electron chi connectivity index (χ4n) is 1.72. The maximum Gasteiger partial charge on any atom is 0.326 e. The molecule has 3 N–H and O–H groups in total. The minimum Gasteiger partial charge on any atom is -0.480 e. The Morgan fingerprint density at radius 3 is 2.76 bits per heavy atom. The summed E-state index contributed by atoms with van der Waals surface area (Å²) in [5.41, 5.74) is 0. The summed E-state index contributed by atoms with van der Waals surface area (Å²) in [6.45, 7) is 2.35. The number of carboxylic acid groups (broad SMARTS) is 1. The summed E-state index contributed by atoms with van der Waals surface area (Å²) in [6, 6.07) is -1.18.